The third-order valence-electron chi connectivity index (χ3n) is 6.12. The lowest BCUT2D eigenvalue weighted by molar-refractivity contribution is -0.124. The largest absolute Gasteiger partial charge is 0.368 e. The number of fused-ring (bicyclic) bond motifs is 1. The molecule has 2 aliphatic rings. The Bertz CT molecular complexity index is 1450. The molecule has 194 valence electrons. The van der Waals surface area contributed by atoms with Crippen LogP contribution in [0, 0.1) is 11.6 Å². The van der Waals surface area contributed by atoms with Crippen molar-refractivity contribution < 1.29 is 31.5 Å². The van der Waals surface area contributed by atoms with Gasteiger partial charge in [-0.15, -0.1) is 0 Å². The first-order chi connectivity index (χ1) is 17.7. The molecule has 1 saturated heterocycles. The van der Waals surface area contributed by atoms with Crippen molar-refractivity contribution in [1.29, 1.82) is 0 Å². The summed E-state index contributed by atoms with van der Waals surface area (Å²) in [6, 6.07) is 5.10. The molecule has 0 saturated carbocycles. The summed E-state index contributed by atoms with van der Waals surface area (Å²) in [5.41, 5.74) is 1.10. The number of anilines is 2. The fourth-order valence-corrected chi connectivity index (χ4v) is 5.70. The van der Waals surface area contributed by atoms with E-state index in [4.69, 9.17) is 4.74 Å². The minimum absolute atomic E-state index is 0.0437. The SMILES string of the molecule is O=C(Nc1n[nH]c2c1CN(S(=O)(=O)c1cc(F)cc(F)c1)CC2)c1cccnc1NC(=O)[C@@H]1CCCO1. The second-order valence-electron chi connectivity index (χ2n) is 8.57. The van der Waals surface area contributed by atoms with Crippen molar-refractivity contribution in [3.63, 3.8) is 0 Å². The average molecular weight is 533 g/mol. The summed E-state index contributed by atoms with van der Waals surface area (Å²) in [4.78, 5) is 29.1. The summed E-state index contributed by atoms with van der Waals surface area (Å²) < 4.78 is 59.8. The van der Waals surface area contributed by atoms with Crippen LogP contribution in [0.15, 0.2) is 41.4 Å². The zero-order chi connectivity index (χ0) is 26.2. The number of rotatable bonds is 6. The molecule has 1 fully saturated rings. The van der Waals surface area contributed by atoms with Crippen LogP contribution in [0.5, 0.6) is 0 Å². The zero-order valence-corrected chi connectivity index (χ0v) is 20.1. The quantitative estimate of drug-likeness (QED) is 0.441. The smallest absolute Gasteiger partial charge is 0.260 e. The van der Waals surface area contributed by atoms with Gasteiger partial charge in [0.15, 0.2) is 5.82 Å². The molecule has 2 amide bonds. The molecule has 2 aromatic heterocycles. The van der Waals surface area contributed by atoms with Gasteiger partial charge in [-0.05, 0) is 37.1 Å². The van der Waals surface area contributed by atoms with E-state index >= 15 is 0 Å². The van der Waals surface area contributed by atoms with Gasteiger partial charge in [0.1, 0.15) is 23.6 Å². The van der Waals surface area contributed by atoms with Gasteiger partial charge < -0.3 is 15.4 Å². The number of nitrogens with one attached hydrogen (secondary N) is 3. The number of H-pyrrole nitrogens is 1. The van der Waals surface area contributed by atoms with Crippen LogP contribution in [-0.2, 0) is 32.5 Å². The lowest BCUT2D eigenvalue weighted by Crippen LogP contribution is -2.36. The normalized spacial score (nSPS) is 17.8. The standard InChI is InChI=1S/C23H22F2N6O5S/c24-13-9-14(25)11-15(10-13)37(34,35)31-7-5-18-17(12-31)21(30-29-18)28-22(32)16-3-1-6-26-20(16)27-23(33)19-4-2-8-36-19/h1,3,6,9-11,19H,2,4-5,7-8,12H2,(H,26,27,33)(H2,28,29,30,32)/t19-/m0/s1. The highest BCUT2D eigenvalue weighted by molar-refractivity contribution is 7.89. The van der Waals surface area contributed by atoms with Gasteiger partial charge in [-0.1, -0.05) is 0 Å². The number of carbonyl (C=O) groups excluding carboxylic acids is 2. The van der Waals surface area contributed by atoms with E-state index in [0.29, 0.717) is 30.4 Å². The number of amides is 2. The Labute approximate surface area is 210 Å². The Hall–Kier alpha value is -3.75. The van der Waals surface area contributed by atoms with Crippen molar-refractivity contribution in [1.82, 2.24) is 19.5 Å². The molecule has 0 unspecified atom stereocenters. The Balaban J connectivity index is 1.35. The topological polar surface area (TPSA) is 146 Å². The van der Waals surface area contributed by atoms with Crippen LogP contribution in [0.2, 0.25) is 0 Å². The third-order valence-corrected chi connectivity index (χ3v) is 7.94. The predicted octanol–water partition coefficient (Wildman–Crippen LogP) is 2.20. The van der Waals surface area contributed by atoms with Crippen LogP contribution in [0.1, 0.15) is 34.5 Å². The molecule has 5 rings (SSSR count). The minimum Gasteiger partial charge on any atom is -0.368 e. The molecule has 14 heteroatoms. The number of nitrogens with zero attached hydrogens (tertiary/aromatic N) is 3. The number of sulfonamides is 1. The number of hydrogen-bond acceptors (Lipinski definition) is 7. The van der Waals surface area contributed by atoms with Crippen LogP contribution in [0.4, 0.5) is 20.4 Å². The van der Waals surface area contributed by atoms with Crippen LogP contribution in [0.25, 0.3) is 0 Å². The number of aromatic nitrogens is 3. The molecule has 1 aromatic carbocycles. The number of aromatic amines is 1. The summed E-state index contributed by atoms with van der Waals surface area (Å²) >= 11 is 0. The Morgan fingerprint density at radius 2 is 1.92 bits per heavy atom. The number of carbonyl (C=O) groups is 2. The molecule has 3 N–H and O–H groups in total. The molecule has 4 heterocycles. The summed E-state index contributed by atoms with van der Waals surface area (Å²) in [6.07, 6.45) is 2.39. The maximum atomic E-state index is 13.7. The number of halogens is 2. The number of hydrogen-bond donors (Lipinski definition) is 3. The molecule has 3 aromatic rings. The molecule has 0 aliphatic carbocycles. The maximum absolute atomic E-state index is 13.7. The Morgan fingerprint density at radius 3 is 2.65 bits per heavy atom. The molecule has 0 bridgehead atoms. The number of pyridine rings is 1. The van der Waals surface area contributed by atoms with Crippen molar-refractivity contribution in [2.75, 3.05) is 23.8 Å². The second kappa shape index (κ2) is 9.95. The lowest BCUT2D eigenvalue weighted by Gasteiger charge is -2.26. The van der Waals surface area contributed by atoms with Gasteiger partial charge in [0.25, 0.3) is 11.8 Å². The van der Waals surface area contributed by atoms with E-state index in [1.807, 2.05) is 0 Å². The van der Waals surface area contributed by atoms with E-state index in [-0.39, 0.29) is 36.7 Å². The predicted molar refractivity (Wildman–Crippen MR) is 126 cm³/mol. The zero-order valence-electron chi connectivity index (χ0n) is 19.3. The summed E-state index contributed by atoms with van der Waals surface area (Å²) in [6.45, 7) is 0.349. The van der Waals surface area contributed by atoms with E-state index in [1.54, 1.807) is 0 Å². The maximum Gasteiger partial charge on any atom is 0.260 e. The molecular weight excluding hydrogens is 510 g/mol. The third kappa shape index (κ3) is 5.08. The first-order valence-electron chi connectivity index (χ1n) is 11.4. The van der Waals surface area contributed by atoms with Gasteiger partial charge in [-0.3, -0.25) is 14.7 Å². The second-order valence-corrected chi connectivity index (χ2v) is 10.5. The fraction of sp³-hybridized carbons (Fsp3) is 0.304. The van der Waals surface area contributed by atoms with Gasteiger partial charge in [-0.2, -0.15) is 9.40 Å². The van der Waals surface area contributed by atoms with E-state index in [2.05, 4.69) is 25.8 Å². The molecular formula is C23H22F2N6O5S. The average Bonchev–Trinajstić information content (AvgIpc) is 3.54. The summed E-state index contributed by atoms with van der Waals surface area (Å²) in [5, 5.41) is 12.1. The summed E-state index contributed by atoms with van der Waals surface area (Å²) in [5.74, 6) is -2.92. The van der Waals surface area contributed by atoms with Gasteiger partial charge in [0, 0.05) is 49.6 Å². The van der Waals surface area contributed by atoms with Crippen LogP contribution in [0.3, 0.4) is 0 Å². The highest BCUT2D eigenvalue weighted by atomic mass is 32.2. The van der Waals surface area contributed by atoms with E-state index in [1.165, 1.54) is 18.3 Å². The van der Waals surface area contributed by atoms with Crippen molar-refractivity contribution >= 4 is 33.5 Å². The van der Waals surface area contributed by atoms with Crippen LogP contribution < -0.4 is 10.6 Å². The summed E-state index contributed by atoms with van der Waals surface area (Å²) in [7, 11) is -4.22. The van der Waals surface area contributed by atoms with Gasteiger partial charge >= 0.3 is 0 Å². The highest BCUT2D eigenvalue weighted by Crippen LogP contribution is 2.29. The number of benzene rings is 1. The highest BCUT2D eigenvalue weighted by Gasteiger charge is 2.32. The van der Waals surface area contributed by atoms with E-state index in [9.17, 15) is 26.8 Å². The molecule has 0 spiro atoms. The lowest BCUT2D eigenvalue weighted by atomic mass is 10.1. The fourth-order valence-electron chi connectivity index (χ4n) is 4.25. The molecule has 0 radical (unpaired) electrons. The first kappa shape index (κ1) is 24.9. The number of ether oxygens (including phenoxy) is 1. The van der Waals surface area contributed by atoms with Gasteiger partial charge in [0.2, 0.25) is 10.0 Å². The van der Waals surface area contributed by atoms with Crippen molar-refractivity contribution in [2.24, 2.45) is 0 Å². The van der Waals surface area contributed by atoms with Gasteiger partial charge in [-0.25, -0.2) is 22.2 Å². The van der Waals surface area contributed by atoms with Crippen LogP contribution >= 0.6 is 0 Å². The molecule has 2 aliphatic heterocycles. The minimum atomic E-state index is -4.22. The Morgan fingerprint density at radius 1 is 1.14 bits per heavy atom. The molecule has 11 nitrogen and oxygen atoms in total. The molecule has 1 atom stereocenters. The Kier molecular flexibility index (Phi) is 6.70. The van der Waals surface area contributed by atoms with E-state index in [0.717, 1.165) is 22.9 Å². The van der Waals surface area contributed by atoms with Crippen molar-refractivity contribution in [2.45, 2.75) is 36.8 Å². The molecule has 37 heavy (non-hydrogen) atoms. The first-order valence-corrected chi connectivity index (χ1v) is 12.9. The van der Waals surface area contributed by atoms with Gasteiger partial charge in [0.05, 0.1) is 10.5 Å². The van der Waals surface area contributed by atoms with E-state index < -0.39 is 44.5 Å². The van der Waals surface area contributed by atoms with Crippen molar-refractivity contribution in [3.05, 3.63) is 65.0 Å². The van der Waals surface area contributed by atoms with Crippen molar-refractivity contribution in [3.8, 4) is 0 Å². The van der Waals surface area contributed by atoms with Crippen LogP contribution in [-0.4, -0.2) is 59.0 Å². The monoisotopic (exact) mass is 532 g/mol.